The van der Waals surface area contributed by atoms with Gasteiger partial charge in [0.05, 0.1) is 21.1 Å². The molecule has 2 aromatic heterocycles. The summed E-state index contributed by atoms with van der Waals surface area (Å²) in [5.41, 5.74) is 3.16. The van der Waals surface area contributed by atoms with Gasteiger partial charge in [-0.2, -0.15) is 22.7 Å². The topological polar surface area (TPSA) is 21.6 Å². The van der Waals surface area contributed by atoms with Crippen LogP contribution in [-0.2, 0) is 4.84 Å². The number of thiophene rings is 2. The Hall–Kier alpha value is -0.690. The maximum absolute atomic E-state index is 5.50. The molecule has 0 atom stereocenters. The molecule has 0 saturated heterocycles. The molecule has 0 amide bonds. The normalized spacial score (nSPS) is 10.8. The van der Waals surface area contributed by atoms with E-state index < -0.39 is 0 Å². The van der Waals surface area contributed by atoms with E-state index in [9.17, 15) is 0 Å². The predicted molar refractivity (Wildman–Crippen MR) is 83.1 cm³/mol. The monoisotopic (exact) mass is 374 g/mol. The molecule has 2 rings (SSSR count). The van der Waals surface area contributed by atoms with Crippen LogP contribution in [0, 0.1) is 0 Å². The van der Waals surface area contributed by atoms with Crippen LogP contribution < -0.4 is 17.0 Å². The lowest BCUT2D eigenvalue weighted by atomic mass is 10.1. The third-order valence-corrected chi connectivity index (χ3v) is 3.96. The molecular formula is C14H19BrN2OS2. The lowest BCUT2D eigenvalue weighted by Crippen LogP contribution is -3.00. The summed E-state index contributed by atoms with van der Waals surface area (Å²) in [6, 6.07) is 4.15. The second-order valence-electron chi connectivity index (χ2n) is 5.31. The van der Waals surface area contributed by atoms with E-state index in [0.29, 0.717) is 6.61 Å². The van der Waals surface area contributed by atoms with Crippen molar-refractivity contribution in [3.8, 4) is 0 Å². The van der Waals surface area contributed by atoms with Crippen LogP contribution >= 0.6 is 22.7 Å². The SMILES string of the molecule is C[N+](C)(C)CCON=C(c1ccsc1)c1ccsc1.[Br-]. The molecule has 20 heavy (non-hydrogen) atoms. The van der Waals surface area contributed by atoms with Gasteiger partial charge in [-0.25, -0.2) is 0 Å². The van der Waals surface area contributed by atoms with Gasteiger partial charge in [-0.05, 0) is 22.9 Å². The average molecular weight is 375 g/mol. The van der Waals surface area contributed by atoms with Gasteiger partial charge in [-0.15, -0.1) is 0 Å². The standard InChI is InChI=1S/C14H19N2OS2.BrH/c1-16(2,3)6-7-17-15-14(12-4-8-18-10-12)13-5-9-19-11-13;/h4-5,8-11H,6-7H2,1-3H3;1H/q+1;/p-1. The van der Waals surface area contributed by atoms with E-state index in [2.05, 4.69) is 60.0 Å². The van der Waals surface area contributed by atoms with Gasteiger partial charge in [-0.1, -0.05) is 5.16 Å². The van der Waals surface area contributed by atoms with Crippen LogP contribution in [0.2, 0.25) is 0 Å². The van der Waals surface area contributed by atoms with Gasteiger partial charge in [-0.3, -0.25) is 0 Å². The molecule has 0 spiro atoms. The summed E-state index contributed by atoms with van der Waals surface area (Å²) in [7, 11) is 6.43. The molecule has 110 valence electrons. The highest BCUT2D eigenvalue weighted by molar-refractivity contribution is 7.08. The number of likely N-dealkylation sites (N-methyl/N-ethyl adjacent to an activating group) is 1. The number of hydrogen-bond acceptors (Lipinski definition) is 4. The molecule has 6 heteroatoms. The van der Waals surface area contributed by atoms with E-state index in [4.69, 9.17) is 4.84 Å². The summed E-state index contributed by atoms with van der Waals surface area (Å²) in [5.74, 6) is 0. The van der Waals surface area contributed by atoms with Gasteiger partial charge in [0.25, 0.3) is 0 Å². The van der Waals surface area contributed by atoms with E-state index in [1.807, 2.05) is 0 Å². The predicted octanol–water partition coefficient (Wildman–Crippen LogP) is 0.289. The maximum Gasteiger partial charge on any atom is 0.165 e. The van der Waals surface area contributed by atoms with Gasteiger partial charge in [0.15, 0.2) is 6.61 Å². The van der Waals surface area contributed by atoms with Crippen molar-refractivity contribution in [3.05, 3.63) is 44.8 Å². The van der Waals surface area contributed by atoms with Gasteiger partial charge in [0.2, 0.25) is 0 Å². The minimum Gasteiger partial charge on any atom is -1.00 e. The van der Waals surface area contributed by atoms with Crippen molar-refractivity contribution in [1.82, 2.24) is 0 Å². The molecule has 2 heterocycles. The Morgan fingerprint density at radius 2 is 1.65 bits per heavy atom. The Balaban J connectivity index is 0.00000200. The van der Waals surface area contributed by atoms with Crippen molar-refractivity contribution < 1.29 is 26.3 Å². The molecule has 0 saturated carbocycles. The second-order valence-corrected chi connectivity index (χ2v) is 6.87. The van der Waals surface area contributed by atoms with Gasteiger partial charge in [0, 0.05) is 21.9 Å². The van der Waals surface area contributed by atoms with E-state index in [1.165, 1.54) is 0 Å². The van der Waals surface area contributed by atoms with Gasteiger partial charge < -0.3 is 26.3 Å². The Kier molecular flexibility index (Phi) is 6.88. The highest BCUT2D eigenvalue weighted by atomic mass is 79.9. The Morgan fingerprint density at radius 3 is 2.05 bits per heavy atom. The zero-order valence-electron chi connectivity index (χ0n) is 11.9. The first-order valence-electron chi connectivity index (χ1n) is 6.12. The second kappa shape index (κ2) is 7.93. The molecule has 0 aromatic carbocycles. The molecule has 0 unspecified atom stereocenters. The molecule has 2 aromatic rings. The van der Waals surface area contributed by atoms with Crippen LogP contribution in [0.3, 0.4) is 0 Å². The van der Waals surface area contributed by atoms with Gasteiger partial charge >= 0.3 is 0 Å². The van der Waals surface area contributed by atoms with Gasteiger partial charge in [0.1, 0.15) is 12.3 Å². The number of nitrogens with zero attached hydrogens (tertiary/aromatic N) is 2. The summed E-state index contributed by atoms with van der Waals surface area (Å²) in [4.78, 5) is 5.50. The quantitative estimate of drug-likeness (QED) is 0.308. The molecule has 0 N–H and O–H groups in total. The van der Waals surface area contributed by atoms with Crippen molar-refractivity contribution >= 4 is 28.4 Å². The number of rotatable bonds is 6. The van der Waals surface area contributed by atoms with E-state index in [0.717, 1.165) is 27.9 Å². The molecular weight excluding hydrogens is 356 g/mol. The third-order valence-electron chi connectivity index (χ3n) is 2.60. The van der Waals surface area contributed by atoms with Crippen molar-refractivity contribution in [2.75, 3.05) is 34.3 Å². The number of hydrogen-bond donors (Lipinski definition) is 0. The lowest BCUT2D eigenvalue weighted by Gasteiger charge is -2.22. The average Bonchev–Trinajstić information content (AvgIpc) is 3.00. The fraction of sp³-hybridized carbons (Fsp3) is 0.357. The van der Waals surface area contributed by atoms with E-state index >= 15 is 0 Å². The Morgan fingerprint density at radius 1 is 1.10 bits per heavy atom. The molecule has 0 aliphatic heterocycles. The number of quaternary nitrogens is 1. The summed E-state index contributed by atoms with van der Waals surface area (Å²) in [5, 5.41) is 12.6. The number of halogens is 1. The van der Waals surface area contributed by atoms with Crippen molar-refractivity contribution in [1.29, 1.82) is 0 Å². The lowest BCUT2D eigenvalue weighted by molar-refractivity contribution is -0.870. The Labute approximate surface area is 138 Å². The first kappa shape index (κ1) is 17.4. The first-order chi connectivity index (χ1) is 9.06. The highest BCUT2D eigenvalue weighted by Crippen LogP contribution is 2.16. The fourth-order valence-corrected chi connectivity index (χ4v) is 2.78. The van der Waals surface area contributed by atoms with Crippen LogP contribution in [-0.4, -0.2) is 44.5 Å². The van der Waals surface area contributed by atoms with Crippen LogP contribution in [0.5, 0.6) is 0 Å². The first-order valence-corrected chi connectivity index (χ1v) is 8.00. The maximum atomic E-state index is 5.50. The summed E-state index contributed by atoms with van der Waals surface area (Å²) >= 11 is 3.35. The minimum atomic E-state index is 0. The highest BCUT2D eigenvalue weighted by Gasteiger charge is 2.10. The third kappa shape index (κ3) is 5.36. The smallest absolute Gasteiger partial charge is 0.165 e. The van der Waals surface area contributed by atoms with Crippen molar-refractivity contribution in [2.24, 2.45) is 5.16 Å². The zero-order valence-corrected chi connectivity index (χ0v) is 15.1. The summed E-state index contributed by atoms with van der Waals surface area (Å²) in [6.07, 6.45) is 0. The fourth-order valence-electron chi connectivity index (χ4n) is 1.50. The van der Waals surface area contributed by atoms with Crippen LogP contribution in [0.4, 0.5) is 0 Å². The molecule has 0 aliphatic rings. The summed E-state index contributed by atoms with van der Waals surface area (Å²) < 4.78 is 0.877. The van der Waals surface area contributed by atoms with E-state index in [1.54, 1.807) is 22.7 Å². The largest absolute Gasteiger partial charge is 1.00 e. The minimum absolute atomic E-state index is 0. The number of oxime groups is 1. The molecule has 0 aliphatic carbocycles. The summed E-state index contributed by atoms with van der Waals surface area (Å²) in [6.45, 7) is 1.56. The van der Waals surface area contributed by atoms with Crippen molar-refractivity contribution in [2.45, 2.75) is 0 Å². The van der Waals surface area contributed by atoms with Crippen LogP contribution in [0.15, 0.2) is 38.8 Å². The molecule has 0 fully saturated rings. The zero-order chi connectivity index (χ0) is 13.7. The Bertz CT molecular complexity index is 480. The molecule has 0 radical (unpaired) electrons. The van der Waals surface area contributed by atoms with Crippen LogP contribution in [0.25, 0.3) is 0 Å². The van der Waals surface area contributed by atoms with E-state index in [-0.39, 0.29) is 17.0 Å². The molecule has 3 nitrogen and oxygen atoms in total. The molecule has 0 bridgehead atoms. The van der Waals surface area contributed by atoms with Crippen molar-refractivity contribution in [3.63, 3.8) is 0 Å². The van der Waals surface area contributed by atoms with Crippen LogP contribution in [0.1, 0.15) is 11.1 Å².